The van der Waals surface area contributed by atoms with Crippen molar-refractivity contribution in [2.24, 2.45) is 0 Å². The van der Waals surface area contributed by atoms with Crippen LogP contribution in [0.5, 0.6) is 11.5 Å². The Labute approximate surface area is 262 Å². The van der Waals surface area contributed by atoms with E-state index in [0.717, 1.165) is 35.2 Å². The van der Waals surface area contributed by atoms with Gasteiger partial charge in [-0.05, 0) is 12.1 Å². The van der Waals surface area contributed by atoms with Crippen molar-refractivity contribution < 1.29 is 47.6 Å². The van der Waals surface area contributed by atoms with E-state index < -0.39 is 24.1 Å². The monoisotopic (exact) mass is 658 g/mol. The predicted molar refractivity (Wildman–Crippen MR) is 167 cm³/mol. The highest BCUT2D eigenvalue weighted by atomic mass is 32.2. The maximum absolute atomic E-state index is 12.4. The maximum atomic E-state index is 12.4. The molecule has 4 unspecified atom stereocenters. The largest absolute Gasteiger partial charge is 0.489 e. The number of carbonyl (C=O) groups excluding carboxylic acids is 4. The molecule has 0 aromatic heterocycles. The van der Waals surface area contributed by atoms with E-state index in [1.54, 1.807) is 71.3 Å². The summed E-state index contributed by atoms with van der Waals surface area (Å²) in [5, 5.41) is -0.505. The fraction of sp³-hybridized carbons (Fsp3) is 0.500. The normalized spacial score (nSPS) is 19.7. The lowest BCUT2D eigenvalue weighted by atomic mass is 10.3. The van der Waals surface area contributed by atoms with Gasteiger partial charge in [0.05, 0.1) is 0 Å². The zero-order chi connectivity index (χ0) is 30.2. The lowest BCUT2D eigenvalue weighted by Gasteiger charge is -2.22. The van der Waals surface area contributed by atoms with Gasteiger partial charge in [0.25, 0.3) is 0 Å². The van der Waals surface area contributed by atoms with Crippen molar-refractivity contribution in [1.82, 2.24) is 0 Å². The second kappa shape index (κ2) is 19.0. The fourth-order valence-corrected chi connectivity index (χ4v) is 8.54. The van der Waals surface area contributed by atoms with Gasteiger partial charge in [-0.1, -0.05) is 19.2 Å². The summed E-state index contributed by atoms with van der Waals surface area (Å²) in [6, 6.07) is 6.65. The molecule has 0 amide bonds. The molecular formula is C28H34O10S4. The molecule has 2 heterocycles. The molecule has 2 aliphatic rings. The first-order valence-corrected chi connectivity index (χ1v) is 17.5. The zero-order valence-corrected chi connectivity index (χ0v) is 26.2. The Morgan fingerprint density at radius 1 is 0.738 bits per heavy atom. The predicted octanol–water partition coefficient (Wildman–Crippen LogP) is 3.42. The molecule has 42 heavy (non-hydrogen) atoms. The number of hydrogen-bond donors (Lipinski definition) is 0. The highest BCUT2D eigenvalue weighted by molar-refractivity contribution is 8.07. The van der Waals surface area contributed by atoms with E-state index in [9.17, 15) is 19.2 Å². The molecule has 1 aromatic carbocycles. The van der Waals surface area contributed by atoms with Crippen LogP contribution in [0.2, 0.25) is 0 Å². The molecule has 14 heteroatoms. The molecule has 4 atom stereocenters. The van der Waals surface area contributed by atoms with Crippen LogP contribution in [0.4, 0.5) is 0 Å². The van der Waals surface area contributed by atoms with Gasteiger partial charge >= 0.3 is 23.9 Å². The molecule has 0 spiro atoms. The minimum atomic E-state index is -0.858. The molecule has 0 bridgehead atoms. The van der Waals surface area contributed by atoms with Crippen molar-refractivity contribution in [3.63, 3.8) is 0 Å². The Hall–Kier alpha value is -2.42. The third-order valence-electron chi connectivity index (χ3n) is 5.56. The quantitative estimate of drug-likeness (QED) is 0.146. The van der Waals surface area contributed by atoms with Crippen molar-refractivity contribution in [3.8, 4) is 11.5 Å². The summed E-state index contributed by atoms with van der Waals surface area (Å²) in [6.45, 7) is 6.31. The summed E-state index contributed by atoms with van der Waals surface area (Å²) in [7, 11) is 0. The van der Waals surface area contributed by atoms with E-state index in [4.69, 9.17) is 28.4 Å². The second-order valence-electron chi connectivity index (χ2n) is 8.75. The van der Waals surface area contributed by atoms with Crippen LogP contribution in [0.15, 0.2) is 49.6 Å². The van der Waals surface area contributed by atoms with Crippen molar-refractivity contribution in [2.75, 3.05) is 60.9 Å². The number of benzene rings is 1. The number of carbonyl (C=O) groups is 4. The first kappa shape index (κ1) is 34.1. The average molecular weight is 659 g/mol. The van der Waals surface area contributed by atoms with Gasteiger partial charge in [0.2, 0.25) is 0 Å². The Morgan fingerprint density at radius 2 is 1.19 bits per heavy atom. The SMILES string of the molecule is C=CC(=O)OC(COC(=O)C1CSCCS1)COc1cccc(OCC(COC(=O)C2CSCCS2)OC(=O)C=C)c1. The van der Waals surface area contributed by atoms with E-state index in [0.29, 0.717) is 23.0 Å². The average Bonchev–Trinajstić information content (AvgIpc) is 3.04. The molecule has 10 nitrogen and oxygen atoms in total. The van der Waals surface area contributed by atoms with Crippen LogP contribution < -0.4 is 9.47 Å². The van der Waals surface area contributed by atoms with Crippen LogP contribution in [0.1, 0.15) is 0 Å². The van der Waals surface area contributed by atoms with Crippen molar-refractivity contribution in [1.29, 1.82) is 0 Å². The lowest BCUT2D eigenvalue weighted by molar-refractivity contribution is -0.156. The maximum Gasteiger partial charge on any atom is 0.330 e. The molecule has 1 aromatic rings. The number of rotatable bonds is 16. The Bertz CT molecular complexity index is 993. The van der Waals surface area contributed by atoms with Crippen molar-refractivity contribution in [2.45, 2.75) is 22.7 Å². The minimum absolute atomic E-state index is 0.0874. The van der Waals surface area contributed by atoms with Crippen LogP contribution >= 0.6 is 47.0 Å². The van der Waals surface area contributed by atoms with Crippen molar-refractivity contribution in [3.05, 3.63) is 49.6 Å². The molecule has 2 saturated heterocycles. The minimum Gasteiger partial charge on any atom is -0.489 e. The van der Waals surface area contributed by atoms with Crippen LogP contribution in [0, 0.1) is 0 Å². The van der Waals surface area contributed by atoms with Crippen LogP contribution in [0.25, 0.3) is 0 Å². The van der Waals surface area contributed by atoms with Crippen LogP contribution in [-0.2, 0) is 38.1 Å². The van der Waals surface area contributed by atoms with Gasteiger partial charge in [-0.3, -0.25) is 9.59 Å². The van der Waals surface area contributed by atoms with Crippen LogP contribution in [0.3, 0.4) is 0 Å². The number of thioether (sulfide) groups is 4. The van der Waals surface area contributed by atoms with Gasteiger partial charge < -0.3 is 28.4 Å². The van der Waals surface area contributed by atoms with Gasteiger partial charge in [-0.2, -0.15) is 23.5 Å². The van der Waals surface area contributed by atoms with E-state index in [2.05, 4.69) is 13.2 Å². The van der Waals surface area contributed by atoms with Gasteiger partial charge in [0.15, 0.2) is 12.2 Å². The molecule has 230 valence electrons. The van der Waals surface area contributed by atoms with Gasteiger partial charge in [-0.15, -0.1) is 23.5 Å². The van der Waals surface area contributed by atoms with E-state index in [1.165, 1.54) is 0 Å². The topological polar surface area (TPSA) is 124 Å². The van der Waals surface area contributed by atoms with E-state index >= 15 is 0 Å². The smallest absolute Gasteiger partial charge is 0.330 e. The highest BCUT2D eigenvalue weighted by Gasteiger charge is 2.27. The second-order valence-corrected chi connectivity index (χ2v) is 13.7. The van der Waals surface area contributed by atoms with Gasteiger partial charge in [-0.25, -0.2) is 9.59 Å². The Kier molecular flexibility index (Phi) is 15.4. The molecule has 0 N–H and O–H groups in total. The Balaban J connectivity index is 1.52. The van der Waals surface area contributed by atoms with Gasteiger partial charge in [0, 0.05) is 52.7 Å². The summed E-state index contributed by atoms with van der Waals surface area (Å²) in [5.74, 6) is 3.87. The van der Waals surface area contributed by atoms with Crippen molar-refractivity contribution >= 4 is 70.9 Å². The molecular weight excluding hydrogens is 625 g/mol. The molecule has 0 saturated carbocycles. The van der Waals surface area contributed by atoms with Gasteiger partial charge in [0.1, 0.15) is 48.4 Å². The fourth-order valence-electron chi connectivity index (χ4n) is 3.47. The molecule has 3 rings (SSSR count). The zero-order valence-electron chi connectivity index (χ0n) is 23.0. The number of esters is 4. The third kappa shape index (κ3) is 12.4. The summed E-state index contributed by atoms with van der Waals surface area (Å²) < 4.78 is 33.0. The summed E-state index contributed by atoms with van der Waals surface area (Å²) >= 11 is 6.50. The first-order valence-electron chi connectivity index (χ1n) is 13.1. The summed E-state index contributed by atoms with van der Waals surface area (Å²) in [4.78, 5) is 48.5. The highest BCUT2D eigenvalue weighted by Crippen LogP contribution is 2.26. The molecule has 0 aliphatic carbocycles. The van der Waals surface area contributed by atoms with E-state index in [1.807, 2.05) is 0 Å². The number of ether oxygens (including phenoxy) is 6. The summed E-state index contributed by atoms with van der Waals surface area (Å²) in [5.41, 5.74) is 0. The third-order valence-corrected chi connectivity index (χ3v) is 11.0. The first-order chi connectivity index (χ1) is 20.4. The molecule has 0 radical (unpaired) electrons. The number of hydrogen-bond acceptors (Lipinski definition) is 14. The van der Waals surface area contributed by atoms with E-state index in [-0.39, 0.29) is 48.9 Å². The molecule has 2 fully saturated rings. The standard InChI is InChI=1S/C28H34O10S4/c1-3-25(29)37-21(15-35-27(31)23-17-39-8-10-41-23)13-33-19-6-5-7-20(12-19)34-14-22(38-26(30)4-2)16-36-28(32)24-18-40-9-11-42-24/h3-7,12,21-24H,1-2,8-11,13-18H2. The van der Waals surface area contributed by atoms with Crippen LogP contribution in [-0.4, -0.2) is 108 Å². The lowest BCUT2D eigenvalue weighted by Crippen LogP contribution is -2.34. The summed E-state index contributed by atoms with van der Waals surface area (Å²) in [6.07, 6.45) is 0.333. The molecule has 2 aliphatic heterocycles. The Morgan fingerprint density at radius 3 is 1.57 bits per heavy atom.